The molecular weight excluding hydrogens is 194 g/mol. The lowest BCUT2D eigenvalue weighted by atomic mass is 10.1. The van der Waals surface area contributed by atoms with Gasteiger partial charge in [0.2, 0.25) is 0 Å². The first-order chi connectivity index (χ1) is 7.35. The van der Waals surface area contributed by atoms with Crippen LogP contribution in [0.15, 0.2) is 12.1 Å². The molecule has 0 fully saturated rings. The number of hydrogen-bond donors (Lipinski definition) is 1. The van der Waals surface area contributed by atoms with Crippen molar-refractivity contribution < 1.29 is 14.2 Å². The van der Waals surface area contributed by atoms with Gasteiger partial charge in [0, 0.05) is 6.07 Å². The van der Waals surface area contributed by atoms with Crippen molar-refractivity contribution in [2.75, 3.05) is 26.9 Å². The smallest absolute Gasteiger partial charge is 0.165 e. The van der Waals surface area contributed by atoms with E-state index in [1.165, 1.54) is 0 Å². The minimum atomic E-state index is 0.590. The van der Waals surface area contributed by atoms with Crippen LogP contribution >= 0.6 is 0 Å². The molecule has 0 aromatic heterocycles. The van der Waals surface area contributed by atoms with Gasteiger partial charge in [0.1, 0.15) is 19.0 Å². The molecule has 1 aromatic carbocycles. The highest BCUT2D eigenvalue weighted by molar-refractivity contribution is 5.51. The molecule has 2 N–H and O–H groups in total. The Balaban J connectivity index is 2.37. The van der Waals surface area contributed by atoms with E-state index in [2.05, 4.69) is 0 Å². The number of fused-ring (bicyclic) bond motifs is 1. The van der Waals surface area contributed by atoms with E-state index in [9.17, 15) is 0 Å². The number of hydrogen-bond acceptors (Lipinski definition) is 4. The summed E-state index contributed by atoms with van der Waals surface area (Å²) in [7, 11) is 1.64. The molecule has 4 nitrogen and oxygen atoms in total. The van der Waals surface area contributed by atoms with Gasteiger partial charge in [0.05, 0.1) is 7.11 Å². The van der Waals surface area contributed by atoms with E-state index in [0.717, 1.165) is 29.2 Å². The Labute approximate surface area is 88.9 Å². The second-order valence-corrected chi connectivity index (χ2v) is 3.35. The topological polar surface area (TPSA) is 53.7 Å². The molecule has 0 saturated heterocycles. The Morgan fingerprint density at radius 1 is 1.27 bits per heavy atom. The molecule has 82 valence electrons. The van der Waals surface area contributed by atoms with Gasteiger partial charge in [-0.2, -0.15) is 0 Å². The Morgan fingerprint density at radius 2 is 1.93 bits per heavy atom. The number of benzene rings is 1. The molecule has 0 bridgehead atoms. The summed E-state index contributed by atoms with van der Waals surface area (Å²) in [6.07, 6.45) is 0.778. The van der Waals surface area contributed by atoms with Crippen LogP contribution in [0.4, 0.5) is 0 Å². The second kappa shape index (κ2) is 4.40. The molecular formula is C11H15NO3. The predicted molar refractivity (Wildman–Crippen MR) is 56.7 cm³/mol. The number of methoxy groups -OCH3 is 1. The van der Waals surface area contributed by atoms with Crippen LogP contribution in [0, 0.1) is 0 Å². The molecule has 15 heavy (non-hydrogen) atoms. The largest absolute Gasteiger partial charge is 0.496 e. The molecule has 0 spiro atoms. The van der Waals surface area contributed by atoms with Crippen LogP contribution in [0.1, 0.15) is 5.56 Å². The first kappa shape index (κ1) is 10.1. The molecule has 1 aromatic rings. The fourth-order valence-electron chi connectivity index (χ4n) is 1.65. The Hall–Kier alpha value is -1.42. The lowest BCUT2D eigenvalue weighted by Gasteiger charge is -2.20. The van der Waals surface area contributed by atoms with Crippen molar-refractivity contribution in [3.8, 4) is 17.2 Å². The molecule has 4 heteroatoms. The lowest BCUT2D eigenvalue weighted by Crippen LogP contribution is -2.16. The summed E-state index contributed by atoms with van der Waals surface area (Å²) in [5.74, 6) is 2.34. The fraction of sp³-hybridized carbons (Fsp3) is 0.455. The SMILES string of the molecule is COc1cc2c(cc1CCN)OCCO2. The molecule has 0 amide bonds. The maximum atomic E-state index is 5.53. The Bertz CT molecular complexity index is 352. The summed E-state index contributed by atoms with van der Waals surface area (Å²) < 4.78 is 16.2. The first-order valence-corrected chi connectivity index (χ1v) is 5.01. The van der Waals surface area contributed by atoms with E-state index in [0.29, 0.717) is 19.8 Å². The third-order valence-electron chi connectivity index (χ3n) is 2.36. The molecule has 0 atom stereocenters. The monoisotopic (exact) mass is 209 g/mol. The van der Waals surface area contributed by atoms with Crippen molar-refractivity contribution in [1.29, 1.82) is 0 Å². The maximum absolute atomic E-state index is 5.53. The van der Waals surface area contributed by atoms with Crippen molar-refractivity contribution >= 4 is 0 Å². The molecule has 0 saturated carbocycles. The molecule has 1 aliphatic heterocycles. The molecule has 2 rings (SSSR count). The average molecular weight is 209 g/mol. The fourth-order valence-corrected chi connectivity index (χ4v) is 1.65. The molecule has 1 heterocycles. The highest BCUT2D eigenvalue weighted by Gasteiger charge is 2.15. The van der Waals surface area contributed by atoms with Gasteiger partial charge in [-0.15, -0.1) is 0 Å². The number of nitrogens with two attached hydrogens (primary N) is 1. The summed E-state index contributed by atoms with van der Waals surface area (Å²) in [6.45, 7) is 1.78. The maximum Gasteiger partial charge on any atom is 0.165 e. The highest BCUT2D eigenvalue weighted by atomic mass is 16.6. The Kier molecular flexibility index (Phi) is 2.97. The van der Waals surface area contributed by atoms with E-state index in [-0.39, 0.29) is 0 Å². The zero-order valence-corrected chi connectivity index (χ0v) is 8.79. The highest BCUT2D eigenvalue weighted by Crippen LogP contribution is 2.36. The summed E-state index contributed by atoms with van der Waals surface area (Å²) in [6, 6.07) is 3.81. The van der Waals surface area contributed by atoms with Crippen molar-refractivity contribution in [2.24, 2.45) is 5.73 Å². The van der Waals surface area contributed by atoms with E-state index in [1.807, 2.05) is 12.1 Å². The van der Waals surface area contributed by atoms with Gasteiger partial charge in [-0.1, -0.05) is 0 Å². The average Bonchev–Trinajstić information content (AvgIpc) is 2.28. The zero-order valence-electron chi connectivity index (χ0n) is 8.79. The summed E-state index contributed by atoms with van der Waals surface area (Å²) in [4.78, 5) is 0. The van der Waals surface area contributed by atoms with Crippen molar-refractivity contribution in [3.63, 3.8) is 0 Å². The molecule has 0 radical (unpaired) electrons. The summed E-state index contributed by atoms with van der Waals surface area (Å²) >= 11 is 0. The van der Waals surface area contributed by atoms with Crippen LogP contribution in [0.5, 0.6) is 17.2 Å². The second-order valence-electron chi connectivity index (χ2n) is 3.35. The van der Waals surface area contributed by atoms with Crippen LogP contribution in [-0.4, -0.2) is 26.9 Å². The van der Waals surface area contributed by atoms with E-state index < -0.39 is 0 Å². The quantitative estimate of drug-likeness (QED) is 0.805. The van der Waals surface area contributed by atoms with Crippen LogP contribution in [0.3, 0.4) is 0 Å². The van der Waals surface area contributed by atoms with Gasteiger partial charge in [0.25, 0.3) is 0 Å². The normalized spacial score (nSPS) is 13.7. The molecule has 0 unspecified atom stereocenters. The summed E-state index contributed by atoms with van der Waals surface area (Å²) in [5, 5.41) is 0. The lowest BCUT2D eigenvalue weighted by molar-refractivity contribution is 0.170. The van der Waals surface area contributed by atoms with Gasteiger partial charge in [-0.25, -0.2) is 0 Å². The predicted octanol–water partition coefficient (Wildman–Crippen LogP) is 0.968. The Morgan fingerprint density at radius 3 is 2.53 bits per heavy atom. The third-order valence-corrected chi connectivity index (χ3v) is 2.36. The van der Waals surface area contributed by atoms with Crippen LogP contribution in [0.25, 0.3) is 0 Å². The van der Waals surface area contributed by atoms with Crippen molar-refractivity contribution in [2.45, 2.75) is 6.42 Å². The van der Waals surface area contributed by atoms with Gasteiger partial charge in [0.15, 0.2) is 11.5 Å². The van der Waals surface area contributed by atoms with Crippen molar-refractivity contribution in [1.82, 2.24) is 0 Å². The summed E-state index contributed by atoms with van der Waals surface area (Å²) in [5.41, 5.74) is 6.59. The minimum Gasteiger partial charge on any atom is -0.496 e. The van der Waals surface area contributed by atoms with E-state index in [4.69, 9.17) is 19.9 Å². The van der Waals surface area contributed by atoms with Crippen molar-refractivity contribution in [3.05, 3.63) is 17.7 Å². The number of ether oxygens (including phenoxy) is 3. The van der Waals surface area contributed by atoms with Gasteiger partial charge in [-0.3, -0.25) is 0 Å². The van der Waals surface area contributed by atoms with Gasteiger partial charge in [-0.05, 0) is 24.6 Å². The van der Waals surface area contributed by atoms with Crippen LogP contribution < -0.4 is 19.9 Å². The first-order valence-electron chi connectivity index (χ1n) is 5.01. The van der Waals surface area contributed by atoms with E-state index >= 15 is 0 Å². The standard InChI is InChI=1S/C11H15NO3/c1-13-9-7-11-10(14-4-5-15-11)6-8(9)2-3-12/h6-7H,2-5,12H2,1H3. The molecule has 0 aliphatic carbocycles. The third kappa shape index (κ3) is 1.99. The van der Waals surface area contributed by atoms with Crippen LogP contribution in [-0.2, 0) is 6.42 Å². The van der Waals surface area contributed by atoms with E-state index in [1.54, 1.807) is 7.11 Å². The molecule has 1 aliphatic rings. The zero-order chi connectivity index (χ0) is 10.7. The van der Waals surface area contributed by atoms with Gasteiger partial charge >= 0.3 is 0 Å². The van der Waals surface area contributed by atoms with Crippen LogP contribution in [0.2, 0.25) is 0 Å². The number of rotatable bonds is 3. The van der Waals surface area contributed by atoms with Gasteiger partial charge < -0.3 is 19.9 Å². The minimum absolute atomic E-state index is 0.590.